The first-order valence-electron chi connectivity index (χ1n) is 5.62. The van der Waals surface area contributed by atoms with Crippen LogP contribution in [0.5, 0.6) is 5.75 Å². The predicted molar refractivity (Wildman–Crippen MR) is 66.9 cm³/mol. The first-order valence-corrected chi connectivity index (χ1v) is 5.62. The van der Waals surface area contributed by atoms with Crippen molar-refractivity contribution in [3.05, 3.63) is 47.5 Å². The minimum Gasteiger partial charge on any atom is -0.497 e. The molecule has 90 valence electrons. The average Bonchev–Trinajstić information content (AvgIpc) is 2.76. The van der Waals surface area contributed by atoms with Crippen LogP contribution in [0.15, 0.2) is 30.5 Å². The van der Waals surface area contributed by atoms with E-state index in [1.807, 2.05) is 25.3 Å². The number of rotatable bonds is 5. The Labute approximate surface area is 101 Å². The summed E-state index contributed by atoms with van der Waals surface area (Å²) in [5.41, 5.74) is 2.32. The lowest BCUT2D eigenvalue weighted by atomic mass is 10.2. The zero-order chi connectivity index (χ0) is 12.1. The summed E-state index contributed by atoms with van der Waals surface area (Å²) in [6.45, 7) is 3.57. The SMILES string of the molecule is COc1ccc(CNCc2ncc(C)[nH]2)cc1. The number of aromatic nitrogens is 2. The van der Waals surface area contributed by atoms with Crippen molar-refractivity contribution >= 4 is 0 Å². The number of hydrogen-bond donors (Lipinski definition) is 2. The van der Waals surface area contributed by atoms with Gasteiger partial charge in [0.15, 0.2) is 0 Å². The zero-order valence-corrected chi connectivity index (χ0v) is 10.2. The summed E-state index contributed by atoms with van der Waals surface area (Å²) in [7, 11) is 1.67. The van der Waals surface area contributed by atoms with Crippen molar-refractivity contribution in [3.8, 4) is 5.75 Å². The van der Waals surface area contributed by atoms with Gasteiger partial charge < -0.3 is 15.0 Å². The average molecular weight is 231 g/mol. The van der Waals surface area contributed by atoms with Gasteiger partial charge in [0.2, 0.25) is 0 Å². The molecule has 0 spiro atoms. The van der Waals surface area contributed by atoms with Crippen LogP contribution in [0.4, 0.5) is 0 Å². The van der Waals surface area contributed by atoms with Crippen LogP contribution in [0.1, 0.15) is 17.1 Å². The number of aryl methyl sites for hydroxylation is 1. The number of nitrogens with one attached hydrogen (secondary N) is 2. The summed E-state index contributed by atoms with van der Waals surface area (Å²) in [6, 6.07) is 8.04. The first kappa shape index (κ1) is 11.7. The monoisotopic (exact) mass is 231 g/mol. The Bertz CT molecular complexity index is 462. The second kappa shape index (κ2) is 5.50. The van der Waals surface area contributed by atoms with Gasteiger partial charge in [-0.1, -0.05) is 12.1 Å². The van der Waals surface area contributed by atoms with Gasteiger partial charge in [0.05, 0.1) is 13.7 Å². The van der Waals surface area contributed by atoms with Crippen LogP contribution in [-0.2, 0) is 13.1 Å². The van der Waals surface area contributed by atoms with Crippen LogP contribution >= 0.6 is 0 Å². The Balaban J connectivity index is 1.81. The molecule has 4 nitrogen and oxygen atoms in total. The molecule has 2 rings (SSSR count). The number of aromatic amines is 1. The number of nitrogens with zero attached hydrogens (tertiary/aromatic N) is 1. The topological polar surface area (TPSA) is 49.9 Å². The largest absolute Gasteiger partial charge is 0.497 e. The van der Waals surface area contributed by atoms with Gasteiger partial charge in [-0.05, 0) is 24.6 Å². The number of benzene rings is 1. The highest BCUT2D eigenvalue weighted by molar-refractivity contribution is 5.26. The van der Waals surface area contributed by atoms with Crippen LogP contribution in [-0.4, -0.2) is 17.1 Å². The molecule has 4 heteroatoms. The third-order valence-corrected chi connectivity index (χ3v) is 2.54. The smallest absolute Gasteiger partial charge is 0.120 e. The molecule has 0 radical (unpaired) electrons. The van der Waals surface area contributed by atoms with E-state index in [4.69, 9.17) is 4.74 Å². The fourth-order valence-corrected chi connectivity index (χ4v) is 1.63. The minimum atomic E-state index is 0.750. The summed E-state index contributed by atoms with van der Waals surface area (Å²) < 4.78 is 5.11. The fourth-order valence-electron chi connectivity index (χ4n) is 1.63. The van der Waals surface area contributed by atoms with Gasteiger partial charge >= 0.3 is 0 Å². The van der Waals surface area contributed by atoms with E-state index in [0.29, 0.717) is 0 Å². The molecule has 1 aromatic heterocycles. The minimum absolute atomic E-state index is 0.750. The maximum atomic E-state index is 5.11. The van der Waals surface area contributed by atoms with Gasteiger partial charge in [-0.25, -0.2) is 4.98 Å². The number of imidazole rings is 1. The Morgan fingerprint density at radius 1 is 1.24 bits per heavy atom. The summed E-state index contributed by atoms with van der Waals surface area (Å²) in [5.74, 6) is 1.85. The van der Waals surface area contributed by atoms with Crippen molar-refractivity contribution in [2.24, 2.45) is 0 Å². The van der Waals surface area contributed by atoms with Gasteiger partial charge in [0, 0.05) is 18.4 Å². The number of methoxy groups -OCH3 is 1. The molecule has 0 bridgehead atoms. The molecule has 1 heterocycles. The molecule has 0 aliphatic rings. The van der Waals surface area contributed by atoms with Crippen molar-refractivity contribution in [1.29, 1.82) is 0 Å². The fraction of sp³-hybridized carbons (Fsp3) is 0.308. The second-order valence-corrected chi connectivity index (χ2v) is 3.96. The van der Waals surface area contributed by atoms with E-state index < -0.39 is 0 Å². The highest BCUT2D eigenvalue weighted by atomic mass is 16.5. The third-order valence-electron chi connectivity index (χ3n) is 2.54. The lowest BCUT2D eigenvalue weighted by Crippen LogP contribution is -2.13. The number of H-pyrrole nitrogens is 1. The molecule has 2 N–H and O–H groups in total. The normalized spacial score (nSPS) is 10.5. The quantitative estimate of drug-likeness (QED) is 0.827. The molecule has 2 aromatic rings. The molecule has 0 atom stereocenters. The number of ether oxygens (including phenoxy) is 1. The van der Waals surface area contributed by atoms with Crippen molar-refractivity contribution in [2.75, 3.05) is 7.11 Å². The second-order valence-electron chi connectivity index (χ2n) is 3.96. The molecule has 0 saturated carbocycles. The molecule has 1 aromatic carbocycles. The summed E-state index contributed by atoms with van der Waals surface area (Å²) in [6.07, 6.45) is 1.84. The molecule has 0 saturated heterocycles. The zero-order valence-electron chi connectivity index (χ0n) is 10.2. The molecule has 0 aliphatic carbocycles. The first-order chi connectivity index (χ1) is 8.28. The lowest BCUT2D eigenvalue weighted by Gasteiger charge is -2.04. The van der Waals surface area contributed by atoms with Crippen LogP contribution in [0.2, 0.25) is 0 Å². The summed E-state index contributed by atoms with van der Waals surface area (Å²) in [4.78, 5) is 7.42. The van der Waals surface area contributed by atoms with Crippen LogP contribution in [0.25, 0.3) is 0 Å². The molecule has 0 unspecified atom stereocenters. The maximum absolute atomic E-state index is 5.11. The molecule has 0 aliphatic heterocycles. The van der Waals surface area contributed by atoms with Crippen LogP contribution in [0, 0.1) is 6.92 Å². The van der Waals surface area contributed by atoms with E-state index in [1.165, 1.54) is 5.56 Å². The third kappa shape index (κ3) is 3.32. The van der Waals surface area contributed by atoms with Crippen molar-refractivity contribution in [1.82, 2.24) is 15.3 Å². The van der Waals surface area contributed by atoms with Crippen LogP contribution in [0.3, 0.4) is 0 Å². The van der Waals surface area contributed by atoms with Gasteiger partial charge in [0.1, 0.15) is 11.6 Å². The summed E-state index contributed by atoms with van der Waals surface area (Å²) in [5, 5.41) is 3.33. The Hall–Kier alpha value is -1.81. The van der Waals surface area contributed by atoms with Crippen LogP contribution < -0.4 is 10.1 Å². The van der Waals surface area contributed by atoms with Gasteiger partial charge in [-0.3, -0.25) is 0 Å². The van der Waals surface area contributed by atoms with E-state index in [2.05, 4.69) is 27.4 Å². The lowest BCUT2D eigenvalue weighted by molar-refractivity contribution is 0.414. The Morgan fingerprint density at radius 3 is 2.59 bits per heavy atom. The van der Waals surface area contributed by atoms with Gasteiger partial charge in [-0.2, -0.15) is 0 Å². The van der Waals surface area contributed by atoms with Crippen molar-refractivity contribution in [3.63, 3.8) is 0 Å². The van der Waals surface area contributed by atoms with Crippen molar-refractivity contribution in [2.45, 2.75) is 20.0 Å². The van der Waals surface area contributed by atoms with E-state index in [9.17, 15) is 0 Å². The van der Waals surface area contributed by atoms with E-state index in [-0.39, 0.29) is 0 Å². The molecule has 17 heavy (non-hydrogen) atoms. The van der Waals surface area contributed by atoms with Crippen molar-refractivity contribution < 1.29 is 4.74 Å². The number of hydrogen-bond acceptors (Lipinski definition) is 3. The Morgan fingerprint density at radius 2 is 2.00 bits per heavy atom. The standard InChI is InChI=1S/C13H17N3O/c1-10-7-15-13(16-10)9-14-8-11-3-5-12(17-2)6-4-11/h3-7,14H,8-9H2,1-2H3,(H,15,16). The van der Waals surface area contributed by atoms with E-state index >= 15 is 0 Å². The molecular weight excluding hydrogens is 214 g/mol. The summed E-state index contributed by atoms with van der Waals surface area (Å²) >= 11 is 0. The highest BCUT2D eigenvalue weighted by Crippen LogP contribution is 2.10. The van der Waals surface area contributed by atoms with Gasteiger partial charge in [0.25, 0.3) is 0 Å². The maximum Gasteiger partial charge on any atom is 0.120 e. The molecular formula is C13H17N3O. The molecule has 0 fully saturated rings. The van der Waals surface area contributed by atoms with E-state index in [0.717, 1.165) is 30.4 Å². The predicted octanol–water partition coefficient (Wildman–Crippen LogP) is 2.02. The molecule has 0 amide bonds. The van der Waals surface area contributed by atoms with E-state index in [1.54, 1.807) is 7.11 Å². The highest BCUT2D eigenvalue weighted by Gasteiger charge is 1.97. The Kier molecular flexibility index (Phi) is 3.77. The van der Waals surface area contributed by atoms with Gasteiger partial charge in [-0.15, -0.1) is 0 Å².